The molecule has 0 saturated heterocycles. The molecule has 0 aliphatic carbocycles. The highest BCUT2D eigenvalue weighted by atomic mass is 35.5. The lowest BCUT2D eigenvalue weighted by molar-refractivity contribution is -0.155. The van der Waals surface area contributed by atoms with Crippen molar-refractivity contribution >= 4 is 35.4 Å². The zero-order chi connectivity index (χ0) is 29.3. The zero-order valence-electron chi connectivity index (χ0n) is 23.1. The highest BCUT2D eigenvalue weighted by molar-refractivity contribution is 6.30. The number of nitrogens with zero attached hydrogens (tertiary/aromatic N) is 2. The average Bonchev–Trinajstić information content (AvgIpc) is 2.78. The van der Waals surface area contributed by atoms with Crippen LogP contribution in [0.3, 0.4) is 0 Å². The first-order valence-corrected chi connectivity index (χ1v) is 12.7. The molecule has 2 amide bonds. The van der Waals surface area contributed by atoms with Crippen molar-refractivity contribution < 1.29 is 33.0 Å². The van der Waals surface area contributed by atoms with E-state index in [4.69, 9.17) is 25.8 Å². The Labute approximate surface area is 231 Å². The number of anilines is 1. The van der Waals surface area contributed by atoms with Crippen LogP contribution in [0.1, 0.15) is 63.0 Å². The molecule has 0 radical (unpaired) electrons. The van der Waals surface area contributed by atoms with Gasteiger partial charge in [-0.25, -0.2) is 9.18 Å². The van der Waals surface area contributed by atoms with E-state index in [9.17, 15) is 23.6 Å². The number of fused-ring (bicyclic) bond motifs is 1. The minimum absolute atomic E-state index is 0.0477. The van der Waals surface area contributed by atoms with Crippen LogP contribution in [0.25, 0.3) is 0 Å². The van der Waals surface area contributed by atoms with Crippen molar-refractivity contribution in [3.05, 3.63) is 56.1 Å². The first kappa shape index (κ1) is 29.9. The van der Waals surface area contributed by atoms with Gasteiger partial charge in [-0.2, -0.15) is 0 Å². The van der Waals surface area contributed by atoms with E-state index in [1.54, 1.807) is 41.5 Å². The molecular weight excluding hydrogens is 533 g/mol. The number of halogens is 2. The fourth-order valence-electron chi connectivity index (χ4n) is 4.12. The maximum atomic E-state index is 13.6. The lowest BCUT2D eigenvalue weighted by Crippen LogP contribution is -2.42. The molecule has 212 valence electrons. The van der Waals surface area contributed by atoms with Crippen LogP contribution in [0, 0.1) is 5.82 Å². The van der Waals surface area contributed by atoms with Gasteiger partial charge in [-0.3, -0.25) is 24.3 Å². The SMILES string of the molecule is COc1c2c(c(NC(=O)OC(C)(C)C)n(CC(=O)OC(C)(C)C)c1=O)CCN(Cc1ccc(F)c(Cl)c1)C2=O. The summed E-state index contributed by atoms with van der Waals surface area (Å²) in [6.07, 6.45) is -0.672. The molecule has 0 saturated carbocycles. The first-order chi connectivity index (χ1) is 18.0. The Morgan fingerprint density at radius 1 is 1.08 bits per heavy atom. The van der Waals surface area contributed by atoms with E-state index < -0.39 is 47.1 Å². The third kappa shape index (κ3) is 7.29. The summed E-state index contributed by atoms with van der Waals surface area (Å²) in [5, 5.41) is 2.48. The summed E-state index contributed by atoms with van der Waals surface area (Å²) in [6, 6.07) is 4.14. The van der Waals surface area contributed by atoms with Crippen molar-refractivity contribution in [2.75, 3.05) is 19.0 Å². The van der Waals surface area contributed by atoms with Crippen LogP contribution in [0.4, 0.5) is 15.0 Å². The topological polar surface area (TPSA) is 116 Å². The lowest BCUT2D eigenvalue weighted by Gasteiger charge is -2.32. The van der Waals surface area contributed by atoms with E-state index >= 15 is 0 Å². The lowest BCUT2D eigenvalue weighted by atomic mass is 9.97. The fraction of sp³-hybridized carbons (Fsp3) is 0.481. The Balaban J connectivity index is 2.11. The molecule has 0 unspecified atom stereocenters. The molecule has 1 aliphatic heterocycles. The minimum atomic E-state index is -0.872. The smallest absolute Gasteiger partial charge is 0.413 e. The second-order valence-electron chi connectivity index (χ2n) is 11.1. The standard InChI is InChI=1S/C27H33ClFN3O7/c1-26(2,3)38-19(33)14-32-22(30-25(36)39-27(4,5)6)16-10-11-31(13-15-8-9-18(29)17(28)12-15)23(34)20(16)21(37-7)24(32)35/h8-9,12H,10-11,13-14H2,1-7H3,(H,30,36). The molecule has 0 bridgehead atoms. The maximum absolute atomic E-state index is 13.6. The molecule has 0 atom stereocenters. The van der Waals surface area contributed by atoms with E-state index in [1.165, 1.54) is 30.2 Å². The number of ether oxygens (including phenoxy) is 3. The zero-order valence-corrected chi connectivity index (χ0v) is 23.8. The summed E-state index contributed by atoms with van der Waals surface area (Å²) in [6.45, 7) is 9.81. The van der Waals surface area contributed by atoms with Crippen molar-refractivity contribution in [1.82, 2.24) is 9.47 Å². The van der Waals surface area contributed by atoms with Gasteiger partial charge in [0.1, 0.15) is 29.4 Å². The highest BCUT2D eigenvalue weighted by Crippen LogP contribution is 2.32. The molecule has 1 N–H and O–H groups in total. The molecule has 1 aromatic carbocycles. The second-order valence-corrected chi connectivity index (χ2v) is 11.5. The average molecular weight is 566 g/mol. The number of pyridine rings is 1. The third-order valence-electron chi connectivity index (χ3n) is 5.54. The van der Waals surface area contributed by atoms with Crippen molar-refractivity contribution in [2.24, 2.45) is 0 Å². The van der Waals surface area contributed by atoms with Crippen LogP contribution < -0.4 is 15.6 Å². The summed E-state index contributed by atoms with van der Waals surface area (Å²) in [4.78, 5) is 54.1. The van der Waals surface area contributed by atoms with Gasteiger partial charge in [0.05, 0.1) is 17.7 Å². The molecule has 2 aromatic rings. The predicted molar refractivity (Wildman–Crippen MR) is 143 cm³/mol. The molecule has 1 aliphatic rings. The number of carbonyl (C=O) groups excluding carboxylic acids is 3. The van der Waals surface area contributed by atoms with Gasteiger partial charge in [-0.15, -0.1) is 0 Å². The van der Waals surface area contributed by atoms with Crippen molar-refractivity contribution in [3.8, 4) is 5.75 Å². The molecule has 1 aromatic heterocycles. The van der Waals surface area contributed by atoms with E-state index in [-0.39, 0.29) is 41.7 Å². The van der Waals surface area contributed by atoms with Gasteiger partial charge in [0, 0.05) is 18.7 Å². The Morgan fingerprint density at radius 2 is 1.72 bits per heavy atom. The Bertz CT molecular complexity index is 1360. The number of hydrogen-bond donors (Lipinski definition) is 1. The third-order valence-corrected chi connectivity index (χ3v) is 5.83. The van der Waals surface area contributed by atoms with E-state index in [0.29, 0.717) is 11.1 Å². The molecule has 2 heterocycles. The van der Waals surface area contributed by atoms with Gasteiger partial charge >= 0.3 is 12.1 Å². The number of carbonyl (C=O) groups is 3. The maximum Gasteiger partial charge on any atom is 0.413 e. The van der Waals surface area contributed by atoms with Crippen LogP contribution in [0.15, 0.2) is 23.0 Å². The first-order valence-electron chi connectivity index (χ1n) is 12.3. The highest BCUT2D eigenvalue weighted by Gasteiger charge is 2.35. The number of aromatic nitrogens is 1. The van der Waals surface area contributed by atoms with Gasteiger partial charge in [0.2, 0.25) is 0 Å². The van der Waals surface area contributed by atoms with Gasteiger partial charge in [0.15, 0.2) is 5.75 Å². The largest absolute Gasteiger partial charge is 0.490 e. The second kappa shape index (κ2) is 11.3. The van der Waals surface area contributed by atoms with Crippen LogP contribution in [-0.2, 0) is 33.8 Å². The number of benzene rings is 1. The molecule has 39 heavy (non-hydrogen) atoms. The summed E-state index contributed by atoms with van der Waals surface area (Å²) >= 11 is 5.90. The molecule has 0 spiro atoms. The summed E-state index contributed by atoms with van der Waals surface area (Å²) in [5.74, 6) is -2.19. The van der Waals surface area contributed by atoms with E-state index in [0.717, 1.165) is 4.57 Å². The quantitative estimate of drug-likeness (QED) is 0.511. The van der Waals surface area contributed by atoms with Gasteiger partial charge in [0.25, 0.3) is 11.5 Å². The molecular formula is C27H33ClFN3O7. The minimum Gasteiger partial charge on any atom is -0.490 e. The number of esters is 1. The van der Waals surface area contributed by atoms with Gasteiger partial charge in [-0.05, 0) is 65.7 Å². The Kier molecular flexibility index (Phi) is 8.64. The van der Waals surface area contributed by atoms with E-state index in [2.05, 4.69) is 5.32 Å². The fourth-order valence-corrected chi connectivity index (χ4v) is 4.32. The van der Waals surface area contributed by atoms with Gasteiger partial charge in [-0.1, -0.05) is 17.7 Å². The molecule has 12 heteroatoms. The summed E-state index contributed by atoms with van der Waals surface area (Å²) in [7, 11) is 1.24. The monoisotopic (exact) mass is 565 g/mol. The van der Waals surface area contributed by atoms with Crippen LogP contribution >= 0.6 is 11.6 Å². The number of hydrogen-bond acceptors (Lipinski definition) is 7. The van der Waals surface area contributed by atoms with Crippen molar-refractivity contribution in [2.45, 2.75) is 72.3 Å². The van der Waals surface area contributed by atoms with E-state index in [1.807, 2.05) is 0 Å². The number of amides is 2. The van der Waals surface area contributed by atoms with Crippen molar-refractivity contribution in [1.29, 1.82) is 0 Å². The molecule has 10 nitrogen and oxygen atoms in total. The normalized spacial score (nSPS) is 13.6. The number of rotatable bonds is 6. The number of nitrogens with one attached hydrogen (secondary N) is 1. The predicted octanol–water partition coefficient (Wildman–Crippen LogP) is 4.54. The van der Waals surface area contributed by atoms with Gasteiger partial charge < -0.3 is 19.1 Å². The van der Waals surface area contributed by atoms with Crippen molar-refractivity contribution in [3.63, 3.8) is 0 Å². The van der Waals surface area contributed by atoms with Crippen LogP contribution in [0.2, 0.25) is 5.02 Å². The Hall–Kier alpha value is -3.60. The van der Waals surface area contributed by atoms with Crippen LogP contribution in [0.5, 0.6) is 5.75 Å². The number of methoxy groups -OCH3 is 1. The Morgan fingerprint density at radius 3 is 2.28 bits per heavy atom. The summed E-state index contributed by atoms with van der Waals surface area (Å²) < 4.78 is 30.7. The molecule has 0 fully saturated rings. The summed E-state index contributed by atoms with van der Waals surface area (Å²) in [5.41, 5.74) is -1.64. The van der Waals surface area contributed by atoms with Crippen LogP contribution in [-0.4, -0.2) is 52.3 Å². The molecule has 3 rings (SSSR count).